The second kappa shape index (κ2) is 12.1. The molecule has 2 aliphatic heterocycles. The van der Waals surface area contributed by atoms with Crippen molar-refractivity contribution in [1.29, 1.82) is 0 Å². The lowest BCUT2D eigenvalue weighted by molar-refractivity contribution is -0.133. The van der Waals surface area contributed by atoms with Gasteiger partial charge in [-0.25, -0.2) is 4.98 Å². The first-order chi connectivity index (χ1) is 19.3. The smallest absolute Gasteiger partial charge is 0.224 e. The minimum Gasteiger partial charge on any atom is -0.495 e. The number of amides is 2. The molecule has 2 aliphatic rings. The predicted molar refractivity (Wildman–Crippen MR) is 161 cm³/mol. The van der Waals surface area contributed by atoms with Gasteiger partial charge in [-0.1, -0.05) is 26.0 Å². The molecule has 1 aromatic heterocycles. The maximum atomic E-state index is 12.8. The number of ether oxygens (including phenoxy) is 1. The molecule has 2 saturated heterocycles. The molecule has 40 heavy (non-hydrogen) atoms. The molecule has 3 heterocycles. The first-order valence-corrected chi connectivity index (χ1v) is 14.4. The van der Waals surface area contributed by atoms with E-state index in [9.17, 15) is 9.59 Å². The van der Waals surface area contributed by atoms with Gasteiger partial charge >= 0.3 is 0 Å². The Morgan fingerprint density at radius 3 is 2.40 bits per heavy atom. The summed E-state index contributed by atoms with van der Waals surface area (Å²) in [6.07, 6.45) is 1.62. The summed E-state index contributed by atoms with van der Waals surface area (Å²) in [4.78, 5) is 37.0. The highest BCUT2D eigenvalue weighted by atomic mass is 16.5. The molecule has 0 aliphatic carbocycles. The first-order valence-electron chi connectivity index (χ1n) is 14.4. The number of benzene rings is 2. The third-order valence-corrected chi connectivity index (χ3v) is 8.10. The van der Waals surface area contributed by atoms with Crippen LogP contribution in [0.25, 0.3) is 10.9 Å². The van der Waals surface area contributed by atoms with E-state index in [4.69, 9.17) is 9.72 Å². The fraction of sp³-hybridized carbons (Fsp3) is 0.469. The van der Waals surface area contributed by atoms with Crippen LogP contribution in [-0.2, 0) is 9.59 Å². The Labute approximate surface area is 237 Å². The van der Waals surface area contributed by atoms with Gasteiger partial charge in [-0.15, -0.1) is 0 Å². The molecule has 2 aromatic carbocycles. The van der Waals surface area contributed by atoms with Crippen LogP contribution in [0.5, 0.6) is 5.75 Å². The molecule has 3 aromatic rings. The van der Waals surface area contributed by atoms with E-state index in [2.05, 4.69) is 42.0 Å². The summed E-state index contributed by atoms with van der Waals surface area (Å²) in [6, 6.07) is 16.0. The molecule has 2 atom stereocenters. The Morgan fingerprint density at radius 1 is 0.950 bits per heavy atom. The van der Waals surface area contributed by atoms with Gasteiger partial charge in [0.25, 0.3) is 0 Å². The van der Waals surface area contributed by atoms with Crippen LogP contribution in [0.2, 0.25) is 0 Å². The third kappa shape index (κ3) is 6.32. The van der Waals surface area contributed by atoms with Crippen LogP contribution in [0.15, 0.2) is 48.5 Å². The Kier molecular flexibility index (Phi) is 8.43. The molecule has 2 amide bonds. The van der Waals surface area contributed by atoms with Crippen LogP contribution in [0.1, 0.15) is 38.7 Å². The quantitative estimate of drug-likeness (QED) is 0.447. The van der Waals surface area contributed by atoms with E-state index < -0.39 is 0 Å². The van der Waals surface area contributed by atoms with Crippen LogP contribution >= 0.6 is 0 Å². The average molecular weight is 544 g/mol. The molecule has 0 spiro atoms. The topological polar surface area (TPSA) is 78.0 Å². The lowest BCUT2D eigenvalue weighted by Crippen LogP contribution is -2.49. The molecule has 212 valence electrons. The van der Waals surface area contributed by atoms with Crippen molar-refractivity contribution in [2.45, 2.75) is 40.0 Å². The van der Waals surface area contributed by atoms with Gasteiger partial charge in [0.05, 0.1) is 18.3 Å². The summed E-state index contributed by atoms with van der Waals surface area (Å²) in [7, 11) is 1.67. The van der Waals surface area contributed by atoms with Crippen molar-refractivity contribution in [2.75, 3.05) is 61.5 Å². The lowest BCUT2D eigenvalue weighted by atomic mass is 9.92. The Hall–Kier alpha value is -3.81. The number of hydrogen-bond donors (Lipinski definition) is 1. The molecule has 8 nitrogen and oxygen atoms in total. The molecule has 0 bridgehead atoms. The molecular formula is C32H41N5O3. The number of aromatic nitrogens is 1. The van der Waals surface area contributed by atoms with Gasteiger partial charge in [-0.3, -0.25) is 9.59 Å². The van der Waals surface area contributed by atoms with Gasteiger partial charge in [0.1, 0.15) is 11.6 Å². The summed E-state index contributed by atoms with van der Waals surface area (Å²) < 4.78 is 5.48. The number of fused-ring (bicyclic) bond motifs is 1. The maximum Gasteiger partial charge on any atom is 0.224 e. The molecule has 2 fully saturated rings. The van der Waals surface area contributed by atoms with E-state index >= 15 is 0 Å². The number of piperidine rings is 1. The highest BCUT2D eigenvalue weighted by molar-refractivity contribution is 5.96. The fourth-order valence-electron chi connectivity index (χ4n) is 6.16. The predicted octanol–water partition coefficient (Wildman–Crippen LogP) is 5.10. The number of aryl methyl sites for hydroxylation is 1. The number of para-hydroxylation sites is 2. The molecule has 0 radical (unpaired) electrons. The maximum absolute atomic E-state index is 12.8. The monoisotopic (exact) mass is 543 g/mol. The minimum absolute atomic E-state index is 0.0160. The zero-order chi connectivity index (χ0) is 28.2. The number of pyridine rings is 1. The second-order valence-electron chi connectivity index (χ2n) is 11.5. The van der Waals surface area contributed by atoms with Gasteiger partial charge in [-0.2, -0.15) is 0 Å². The number of carbonyl (C=O) groups excluding carboxylic acids is 2. The fourth-order valence-corrected chi connectivity index (χ4v) is 6.16. The van der Waals surface area contributed by atoms with Crippen molar-refractivity contribution in [3.05, 3.63) is 54.1 Å². The second-order valence-corrected chi connectivity index (χ2v) is 11.5. The molecule has 8 heteroatoms. The van der Waals surface area contributed by atoms with Crippen LogP contribution in [0.4, 0.5) is 17.2 Å². The van der Waals surface area contributed by atoms with Crippen LogP contribution in [0, 0.1) is 18.8 Å². The number of carbonyl (C=O) groups is 2. The number of methoxy groups -OCH3 is 1. The number of nitrogens with one attached hydrogen (secondary N) is 1. The van der Waals surface area contributed by atoms with Crippen LogP contribution in [0.3, 0.4) is 0 Å². The minimum atomic E-state index is -0.154. The average Bonchev–Trinajstić information content (AvgIpc) is 2.95. The van der Waals surface area contributed by atoms with Crippen LogP contribution < -0.4 is 19.9 Å². The number of rotatable bonds is 7. The number of anilines is 3. The van der Waals surface area contributed by atoms with E-state index in [1.165, 1.54) is 6.42 Å². The van der Waals surface area contributed by atoms with Crippen LogP contribution in [-0.4, -0.2) is 68.1 Å². The van der Waals surface area contributed by atoms with Crippen molar-refractivity contribution >= 4 is 39.9 Å². The standard InChI is InChI=1S/C32H41N5O3/c1-22-17-23(2)21-37(20-22)30-18-24(3)26-19-25(9-10-27(26)34-30)33-31(38)11-12-32(39)36-15-13-35(14-16-36)28-7-5-6-8-29(28)40-4/h5-10,18-19,22-23H,11-17,20-21H2,1-4H3,(H,33,38)/t22-,23+. The number of piperazine rings is 1. The largest absolute Gasteiger partial charge is 0.495 e. The first kappa shape index (κ1) is 27.7. The molecule has 0 unspecified atom stereocenters. The van der Waals surface area contributed by atoms with E-state index in [0.717, 1.165) is 65.6 Å². The number of hydrogen-bond acceptors (Lipinski definition) is 6. The summed E-state index contributed by atoms with van der Waals surface area (Å²) in [5.74, 6) is 3.05. The van der Waals surface area contributed by atoms with E-state index in [-0.39, 0.29) is 24.7 Å². The normalized spacial score (nSPS) is 19.6. The van der Waals surface area contributed by atoms with E-state index in [1.54, 1.807) is 7.11 Å². The Bertz CT molecular complexity index is 1360. The zero-order valence-corrected chi connectivity index (χ0v) is 24.2. The highest BCUT2D eigenvalue weighted by Gasteiger charge is 2.24. The molecule has 1 N–H and O–H groups in total. The Balaban J connectivity index is 1.14. The summed E-state index contributed by atoms with van der Waals surface area (Å²) in [5, 5.41) is 4.01. The van der Waals surface area contributed by atoms with Gasteiger partial charge in [0, 0.05) is 63.2 Å². The number of nitrogens with zero attached hydrogens (tertiary/aromatic N) is 4. The van der Waals surface area contributed by atoms with Gasteiger partial charge in [-0.05, 0) is 67.1 Å². The highest BCUT2D eigenvalue weighted by Crippen LogP contribution is 2.30. The van der Waals surface area contributed by atoms with Crippen molar-refractivity contribution in [3.8, 4) is 5.75 Å². The lowest BCUT2D eigenvalue weighted by Gasteiger charge is -2.36. The van der Waals surface area contributed by atoms with Crippen molar-refractivity contribution in [1.82, 2.24) is 9.88 Å². The zero-order valence-electron chi connectivity index (χ0n) is 24.2. The molecule has 5 rings (SSSR count). The summed E-state index contributed by atoms with van der Waals surface area (Å²) >= 11 is 0. The van der Waals surface area contributed by atoms with Gasteiger partial charge in [0.15, 0.2) is 0 Å². The van der Waals surface area contributed by atoms with E-state index in [0.29, 0.717) is 24.9 Å². The van der Waals surface area contributed by atoms with Crippen molar-refractivity contribution in [3.63, 3.8) is 0 Å². The van der Waals surface area contributed by atoms with Gasteiger partial charge in [0.2, 0.25) is 11.8 Å². The van der Waals surface area contributed by atoms with E-state index in [1.807, 2.05) is 47.4 Å². The van der Waals surface area contributed by atoms with Crippen molar-refractivity contribution in [2.24, 2.45) is 11.8 Å². The summed E-state index contributed by atoms with van der Waals surface area (Å²) in [6.45, 7) is 11.5. The van der Waals surface area contributed by atoms with Crippen molar-refractivity contribution < 1.29 is 14.3 Å². The molecular weight excluding hydrogens is 502 g/mol. The Morgan fingerprint density at radius 2 is 1.68 bits per heavy atom. The summed E-state index contributed by atoms with van der Waals surface area (Å²) in [5.41, 5.74) is 3.85. The molecule has 0 saturated carbocycles. The van der Waals surface area contributed by atoms with Gasteiger partial charge < -0.3 is 24.8 Å². The SMILES string of the molecule is COc1ccccc1N1CCN(C(=O)CCC(=O)Nc2ccc3nc(N4C[C@H](C)C[C@H](C)C4)cc(C)c3c2)CC1. The third-order valence-electron chi connectivity index (χ3n) is 8.10.